The van der Waals surface area contributed by atoms with E-state index in [1.165, 1.54) is 0 Å². The van der Waals surface area contributed by atoms with Crippen LogP contribution in [-0.4, -0.2) is 54.4 Å². The van der Waals surface area contributed by atoms with Gasteiger partial charge in [-0.3, -0.25) is 0 Å². The fourth-order valence-electron chi connectivity index (χ4n) is 3.34. The van der Waals surface area contributed by atoms with Crippen molar-refractivity contribution in [3.8, 4) is 11.5 Å². The van der Waals surface area contributed by atoms with E-state index in [-0.39, 0.29) is 0 Å². The molecule has 138 valence electrons. The number of hydrogen-bond donors (Lipinski definition) is 1. The number of piperazine rings is 1. The van der Waals surface area contributed by atoms with Crippen LogP contribution in [0.2, 0.25) is 0 Å². The quantitative estimate of drug-likeness (QED) is 0.883. The van der Waals surface area contributed by atoms with E-state index in [4.69, 9.17) is 9.47 Å². The second kappa shape index (κ2) is 7.37. The fourth-order valence-corrected chi connectivity index (χ4v) is 3.34. The molecule has 0 spiro atoms. The van der Waals surface area contributed by atoms with Crippen LogP contribution in [0.25, 0.3) is 0 Å². The van der Waals surface area contributed by atoms with Crippen LogP contribution in [0.4, 0.5) is 11.6 Å². The molecule has 7 nitrogen and oxygen atoms in total. The van der Waals surface area contributed by atoms with Gasteiger partial charge in [-0.1, -0.05) is 13.0 Å². The summed E-state index contributed by atoms with van der Waals surface area (Å²) in [5.41, 5.74) is 1.13. The van der Waals surface area contributed by atoms with Gasteiger partial charge in [-0.25, -0.2) is 9.97 Å². The third-order valence-electron chi connectivity index (χ3n) is 4.88. The van der Waals surface area contributed by atoms with E-state index >= 15 is 0 Å². The number of hydrogen-bond acceptors (Lipinski definition) is 7. The molecule has 1 saturated heterocycles. The van der Waals surface area contributed by atoms with Crippen LogP contribution in [0.15, 0.2) is 24.3 Å². The van der Waals surface area contributed by atoms with E-state index in [1.54, 1.807) is 0 Å². The lowest BCUT2D eigenvalue weighted by atomic mass is 10.2. The van der Waals surface area contributed by atoms with Crippen LogP contribution in [0, 0.1) is 6.92 Å². The molecule has 4 rings (SSSR count). The zero-order valence-corrected chi connectivity index (χ0v) is 15.4. The van der Waals surface area contributed by atoms with E-state index < -0.39 is 0 Å². The SMILES string of the molecule is CCN1CCN(c2cc(NCc3ccc4c(c3)OCO4)nc(C)n2)CC1. The largest absolute Gasteiger partial charge is 0.454 e. The molecule has 3 heterocycles. The lowest BCUT2D eigenvalue weighted by Gasteiger charge is -2.34. The van der Waals surface area contributed by atoms with Gasteiger partial charge in [0.25, 0.3) is 0 Å². The van der Waals surface area contributed by atoms with E-state index in [0.717, 1.165) is 67.2 Å². The predicted octanol–water partition coefficient (Wildman–Crippen LogP) is 2.27. The zero-order valence-electron chi connectivity index (χ0n) is 15.4. The lowest BCUT2D eigenvalue weighted by Crippen LogP contribution is -2.46. The molecule has 7 heteroatoms. The molecular formula is C19H25N5O2. The third kappa shape index (κ3) is 3.67. The van der Waals surface area contributed by atoms with E-state index in [1.807, 2.05) is 31.2 Å². The van der Waals surface area contributed by atoms with Gasteiger partial charge in [-0.05, 0) is 31.2 Å². The van der Waals surface area contributed by atoms with E-state index in [2.05, 4.69) is 32.0 Å². The van der Waals surface area contributed by atoms with Crippen LogP contribution < -0.4 is 19.7 Å². The summed E-state index contributed by atoms with van der Waals surface area (Å²) in [6.45, 7) is 10.4. The van der Waals surface area contributed by atoms with Gasteiger partial charge in [-0.2, -0.15) is 0 Å². The Hall–Kier alpha value is -2.54. The monoisotopic (exact) mass is 355 g/mol. The van der Waals surface area contributed by atoms with Crippen molar-refractivity contribution in [2.24, 2.45) is 0 Å². The van der Waals surface area contributed by atoms with Gasteiger partial charge in [0, 0.05) is 38.8 Å². The van der Waals surface area contributed by atoms with Crippen LogP contribution in [0.3, 0.4) is 0 Å². The number of likely N-dealkylation sites (N-methyl/N-ethyl adjacent to an activating group) is 1. The van der Waals surface area contributed by atoms with E-state index in [9.17, 15) is 0 Å². The Labute approximate surface area is 153 Å². The summed E-state index contributed by atoms with van der Waals surface area (Å²) in [5.74, 6) is 4.25. The minimum absolute atomic E-state index is 0.298. The molecule has 1 aromatic carbocycles. The summed E-state index contributed by atoms with van der Waals surface area (Å²) in [4.78, 5) is 14.0. The Balaban J connectivity index is 1.43. The second-order valence-electron chi connectivity index (χ2n) is 6.62. The zero-order chi connectivity index (χ0) is 17.9. The molecule has 1 fully saturated rings. The Kier molecular flexibility index (Phi) is 4.79. The molecule has 0 atom stereocenters. The molecule has 1 aromatic heterocycles. The van der Waals surface area contributed by atoms with Crippen molar-refractivity contribution in [3.05, 3.63) is 35.7 Å². The maximum Gasteiger partial charge on any atom is 0.231 e. The highest BCUT2D eigenvalue weighted by atomic mass is 16.7. The number of aromatic nitrogens is 2. The Bertz CT molecular complexity index is 775. The molecule has 0 saturated carbocycles. The van der Waals surface area contributed by atoms with Gasteiger partial charge >= 0.3 is 0 Å². The number of nitrogens with one attached hydrogen (secondary N) is 1. The number of ether oxygens (including phenoxy) is 2. The maximum atomic E-state index is 5.44. The minimum atomic E-state index is 0.298. The molecule has 0 unspecified atom stereocenters. The fraction of sp³-hybridized carbons (Fsp3) is 0.474. The first kappa shape index (κ1) is 16.9. The summed E-state index contributed by atoms with van der Waals surface area (Å²) in [7, 11) is 0. The number of anilines is 2. The molecule has 26 heavy (non-hydrogen) atoms. The molecule has 2 aromatic rings. The highest BCUT2D eigenvalue weighted by Crippen LogP contribution is 2.32. The van der Waals surface area contributed by atoms with Crippen LogP contribution in [0.1, 0.15) is 18.3 Å². The van der Waals surface area contributed by atoms with E-state index in [0.29, 0.717) is 13.3 Å². The van der Waals surface area contributed by atoms with Gasteiger partial charge in [-0.15, -0.1) is 0 Å². The summed E-state index contributed by atoms with van der Waals surface area (Å²) < 4.78 is 10.8. The van der Waals surface area contributed by atoms with Crippen molar-refractivity contribution >= 4 is 11.6 Å². The maximum absolute atomic E-state index is 5.44. The molecule has 2 aliphatic rings. The summed E-state index contributed by atoms with van der Waals surface area (Å²) in [5, 5.41) is 3.41. The standard InChI is InChI=1S/C19H25N5O2/c1-3-23-6-8-24(9-7-23)19-11-18(21-14(2)22-19)20-12-15-4-5-16-17(10-15)26-13-25-16/h4-5,10-11H,3,6-9,12-13H2,1-2H3,(H,20,21,22). The number of fused-ring (bicyclic) bond motifs is 1. The first-order valence-corrected chi connectivity index (χ1v) is 9.16. The Morgan fingerprint density at radius 3 is 2.65 bits per heavy atom. The van der Waals surface area contributed by atoms with Crippen LogP contribution in [-0.2, 0) is 6.54 Å². The molecule has 0 aliphatic carbocycles. The molecule has 2 aliphatic heterocycles. The molecular weight excluding hydrogens is 330 g/mol. The van der Waals surface area contributed by atoms with Gasteiger partial charge in [0.1, 0.15) is 17.5 Å². The van der Waals surface area contributed by atoms with Gasteiger partial charge in [0.2, 0.25) is 6.79 Å². The Morgan fingerprint density at radius 2 is 1.85 bits per heavy atom. The van der Waals surface area contributed by atoms with Gasteiger partial charge < -0.3 is 24.6 Å². The van der Waals surface area contributed by atoms with Gasteiger partial charge in [0.15, 0.2) is 11.5 Å². The summed E-state index contributed by atoms with van der Waals surface area (Å²) in [6.07, 6.45) is 0. The highest BCUT2D eigenvalue weighted by molar-refractivity contribution is 5.51. The topological polar surface area (TPSA) is 62.8 Å². The summed E-state index contributed by atoms with van der Waals surface area (Å²) >= 11 is 0. The average molecular weight is 355 g/mol. The van der Waals surface area contributed by atoms with Gasteiger partial charge in [0.05, 0.1) is 0 Å². The molecule has 1 N–H and O–H groups in total. The first-order valence-electron chi connectivity index (χ1n) is 9.16. The summed E-state index contributed by atoms with van der Waals surface area (Å²) in [6, 6.07) is 8.04. The van der Waals surface area contributed by atoms with Crippen molar-refractivity contribution in [3.63, 3.8) is 0 Å². The normalized spacial score (nSPS) is 16.8. The Morgan fingerprint density at radius 1 is 1.04 bits per heavy atom. The number of aryl methyl sites for hydroxylation is 1. The van der Waals surface area contributed by atoms with Crippen LogP contribution in [0.5, 0.6) is 11.5 Å². The van der Waals surface area contributed by atoms with Crippen LogP contribution >= 0.6 is 0 Å². The number of benzene rings is 1. The predicted molar refractivity (Wildman–Crippen MR) is 101 cm³/mol. The first-order chi connectivity index (χ1) is 12.7. The highest BCUT2D eigenvalue weighted by Gasteiger charge is 2.18. The third-order valence-corrected chi connectivity index (χ3v) is 4.88. The average Bonchev–Trinajstić information content (AvgIpc) is 3.14. The smallest absolute Gasteiger partial charge is 0.231 e. The van der Waals surface area contributed by atoms with Crippen molar-refractivity contribution in [2.75, 3.05) is 49.7 Å². The van der Waals surface area contributed by atoms with Crippen molar-refractivity contribution in [1.29, 1.82) is 0 Å². The number of rotatable bonds is 5. The second-order valence-corrected chi connectivity index (χ2v) is 6.62. The van der Waals surface area contributed by atoms with Crippen molar-refractivity contribution < 1.29 is 9.47 Å². The molecule has 0 amide bonds. The number of nitrogens with zero attached hydrogens (tertiary/aromatic N) is 4. The minimum Gasteiger partial charge on any atom is -0.454 e. The van der Waals surface area contributed by atoms with Crippen molar-refractivity contribution in [1.82, 2.24) is 14.9 Å². The molecule has 0 bridgehead atoms. The molecule has 0 radical (unpaired) electrons. The van der Waals surface area contributed by atoms with Crippen molar-refractivity contribution in [2.45, 2.75) is 20.4 Å². The lowest BCUT2D eigenvalue weighted by molar-refractivity contribution is 0.174.